The van der Waals surface area contributed by atoms with Gasteiger partial charge in [-0.3, -0.25) is 4.79 Å². The molecule has 1 amide bonds. The van der Waals surface area contributed by atoms with Gasteiger partial charge in [-0.1, -0.05) is 41.6 Å². The summed E-state index contributed by atoms with van der Waals surface area (Å²) >= 11 is 0. The van der Waals surface area contributed by atoms with Crippen LogP contribution in [0.2, 0.25) is 0 Å². The predicted molar refractivity (Wildman–Crippen MR) is 90.2 cm³/mol. The van der Waals surface area contributed by atoms with Gasteiger partial charge in [0, 0.05) is 24.2 Å². The molecule has 0 aliphatic rings. The second-order valence-corrected chi connectivity index (χ2v) is 5.75. The molecular weight excluding hydrogens is 361 g/mol. The number of alkyl halides is 3. The number of carbonyl (C=O) groups is 1. The predicted octanol–water partition coefficient (Wildman–Crippen LogP) is 3.14. The summed E-state index contributed by atoms with van der Waals surface area (Å²) in [5, 5.41) is 6.52. The zero-order valence-electron chi connectivity index (χ0n) is 14.0. The number of aromatic nitrogens is 2. The Bertz CT molecular complexity index is 939. The van der Waals surface area contributed by atoms with E-state index >= 15 is 0 Å². The summed E-state index contributed by atoms with van der Waals surface area (Å²) in [4.78, 5) is 15.0. The number of nitrogens with zero attached hydrogens (tertiary/aromatic N) is 2. The van der Waals surface area contributed by atoms with Gasteiger partial charge in [0.1, 0.15) is 0 Å². The topological polar surface area (TPSA) is 94.0 Å². The van der Waals surface area contributed by atoms with Crippen molar-refractivity contribution in [1.29, 1.82) is 0 Å². The summed E-state index contributed by atoms with van der Waals surface area (Å²) in [6, 6.07) is 14.0. The molecular formula is C18H15F3N4O2. The third-order valence-electron chi connectivity index (χ3n) is 3.78. The summed E-state index contributed by atoms with van der Waals surface area (Å²) in [6.45, 7) is 0.828. The van der Waals surface area contributed by atoms with Crippen LogP contribution in [-0.2, 0) is 19.3 Å². The molecule has 0 fully saturated rings. The van der Waals surface area contributed by atoms with E-state index in [4.69, 9.17) is 5.73 Å². The molecule has 3 rings (SSSR count). The number of halogens is 3. The minimum atomic E-state index is -4.72. The average Bonchev–Trinajstić information content (AvgIpc) is 3.13. The third-order valence-corrected chi connectivity index (χ3v) is 3.78. The first kappa shape index (κ1) is 18.6. The van der Waals surface area contributed by atoms with Crippen LogP contribution in [0.4, 0.5) is 13.2 Å². The van der Waals surface area contributed by atoms with Crippen molar-refractivity contribution in [1.82, 2.24) is 15.5 Å². The number of rotatable bonds is 6. The maximum absolute atomic E-state index is 12.6. The van der Waals surface area contributed by atoms with Crippen molar-refractivity contribution in [3.63, 3.8) is 0 Å². The van der Waals surface area contributed by atoms with Crippen molar-refractivity contribution in [3.05, 3.63) is 71.1 Å². The number of hydrogen-bond donors (Lipinski definition) is 2. The molecule has 2 aromatic carbocycles. The minimum Gasteiger partial charge on any atom is -0.366 e. The fraction of sp³-hybridized carbons (Fsp3) is 0.167. The van der Waals surface area contributed by atoms with Crippen LogP contribution in [-0.4, -0.2) is 16.0 Å². The van der Waals surface area contributed by atoms with Crippen molar-refractivity contribution in [2.24, 2.45) is 5.73 Å². The lowest BCUT2D eigenvalue weighted by molar-refractivity contribution is -0.159. The third kappa shape index (κ3) is 4.50. The van der Waals surface area contributed by atoms with Crippen LogP contribution in [0.1, 0.15) is 27.4 Å². The average molecular weight is 376 g/mol. The molecule has 0 saturated carbocycles. The van der Waals surface area contributed by atoms with Gasteiger partial charge in [-0.25, -0.2) is 0 Å². The second kappa shape index (κ2) is 7.58. The van der Waals surface area contributed by atoms with Gasteiger partial charge in [-0.05, 0) is 23.3 Å². The Labute approximate surface area is 152 Å². The molecule has 0 radical (unpaired) electrons. The second-order valence-electron chi connectivity index (χ2n) is 5.75. The highest BCUT2D eigenvalue weighted by Crippen LogP contribution is 2.29. The zero-order chi connectivity index (χ0) is 19.4. The van der Waals surface area contributed by atoms with E-state index < -0.39 is 18.0 Å². The number of primary amides is 1. The number of hydrogen-bond acceptors (Lipinski definition) is 5. The highest BCUT2D eigenvalue weighted by atomic mass is 19.4. The van der Waals surface area contributed by atoms with Crippen molar-refractivity contribution < 1.29 is 22.5 Å². The number of benzene rings is 2. The molecule has 0 spiro atoms. The van der Waals surface area contributed by atoms with E-state index in [1.54, 1.807) is 0 Å². The molecule has 3 aromatic rings. The van der Waals surface area contributed by atoms with Crippen LogP contribution >= 0.6 is 0 Å². The minimum absolute atomic E-state index is 0.220. The fourth-order valence-electron chi connectivity index (χ4n) is 2.51. The van der Waals surface area contributed by atoms with E-state index in [9.17, 15) is 18.0 Å². The van der Waals surface area contributed by atoms with Crippen LogP contribution in [0.3, 0.4) is 0 Å². The number of amides is 1. The van der Waals surface area contributed by atoms with Crippen molar-refractivity contribution in [3.8, 4) is 11.4 Å². The highest BCUT2D eigenvalue weighted by Gasteiger charge is 2.38. The van der Waals surface area contributed by atoms with Crippen molar-refractivity contribution >= 4 is 5.91 Å². The van der Waals surface area contributed by atoms with Crippen LogP contribution in [0.15, 0.2) is 53.1 Å². The van der Waals surface area contributed by atoms with Gasteiger partial charge >= 0.3 is 12.1 Å². The molecule has 0 unspecified atom stereocenters. The SMILES string of the molecule is NC(=O)c1ccc(-c2noc(C(F)(F)F)n2)cc1CNCc1ccccc1. The van der Waals surface area contributed by atoms with Gasteiger partial charge in [0.2, 0.25) is 11.7 Å². The molecule has 1 heterocycles. The van der Waals surface area contributed by atoms with Gasteiger partial charge in [0.05, 0.1) is 0 Å². The van der Waals surface area contributed by atoms with Crippen LogP contribution < -0.4 is 11.1 Å². The Morgan fingerprint density at radius 2 is 1.85 bits per heavy atom. The van der Waals surface area contributed by atoms with Gasteiger partial charge in [-0.15, -0.1) is 0 Å². The fourth-order valence-corrected chi connectivity index (χ4v) is 2.51. The van der Waals surface area contributed by atoms with Crippen LogP contribution in [0, 0.1) is 0 Å². The summed E-state index contributed by atoms with van der Waals surface area (Å²) in [5.74, 6) is -2.29. The normalized spacial score (nSPS) is 11.5. The quantitative estimate of drug-likeness (QED) is 0.689. The van der Waals surface area contributed by atoms with Crippen molar-refractivity contribution in [2.75, 3.05) is 0 Å². The molecule has 9 heteroatoms. The summed E-state index contributed by atoms with van der Waals surface area (Å²) in [5.41, 5.74) is 7.50. The van der Waals surface area contributed by atoms with Gasteiger partial charge in [-0.2, -0.15) is 18.2 Å². The zero-order valence-corrected chi connectivity index (χ0v) is 14.0. The van der Waals surface area contributed by atoms with E-state index in [0.717, 1.165) is 5.56 Å². The molecule has 3 N–H and O–H groups in total. The molecule has 27 heavy (non-hydrogen) atoms. The molecule has 0 aliphatic carbocycles. The highest BCUT2D eigenvalue weighted by molar-refractivity contribution is 5.94. The Balaban J connectivity index is 1.82. The Kier molecular flexibility index (Phi) is 5.22. The summed E-state index contributed by atoms with van der Waals surface area (Å²) in [6.07, 6.45) is -4.72. The van der Waals surface area contributed by atoms with Crippen LogP contribution in [0.25, 0.3) is 11.4 Å². The molecule has 0 aliphatic heterocycles. The summed E-state index contributed by atoms with van der Waals surface area (Å²) in [7, 11) is 0. The first-order valence-electron chi connectivity index (χ1n) is 7.93. The number of nitrogens with one attached hydrogen (secondary N) is 1. The molecule has 0 saturated heterocycles. The molecule has 6 nitrogen and oxygen atoms in total. The summed E-state index contributed by atoms with van der Waals surface area (Å²) < 4.78 is 42.1. The standard InChI is InChI=1S/C18H15F3N4O2/c19-18(20,21)17-24-16(25-27-17)12-6-7-14(15(22)26)13(8-12)10-23-9-11-4-2-1-3-5-11/h1-8,23H,9-10H2,(H2,22,26). The largest absolute Gasteiger partial charge is 0.471 e. The Morgan fingerprint density at radius 1 is 1.11 bits per heavy atom. The Morgan fingerprint density at radius 3 is 2.48 bits per heavy atom. The first-order chi connectivity index (χ1) is 12.8. The molecule has 1 aromatic heterocycles. The Hall–Kier alpha value is -3.20. The van der Waals surface area contributed by atoms with E-state index in [2.05, 4.69) is 20.0 Å². The van der Waals surface area contributed by atoms with Gasteiger partial charge in [0.15, 0.2) is 0 Å². The lowest BCUT2D eigenvalue weighted by Crippen LogP contribution is -2.19. The van der Waals surface area contributed by atoms with Gasteiger partial charge < -0.3 is 15.6 Å². The smallest absolute Gasteiger partial charge is 0.366 e. The lowest BCUT2D eigenvalue weighted by Gasteiger charge is -2.10. The maximum atomic E-state index is 12.6. The maximum Gasteiger partial charge on any atom is 0.471 e. The van der Waals surface area contributed by atoms with E-state index in [1.807, 2.05) is 30.3 Å². The van der Waals surface area contributed by atoms with Gasteiger partial charge in [0.25, 0.3) is 0 Å². The van der Waals surface area contributed by atoms with E-state index in [1.165, 1.54) is 18.2 Å². The van der Waals surface area contributed by atoms with Crippen LogP contribution in [0.5, 0.6) is 0 Å². The lowest BCUT2D eigenvalue weighted by atomic mass is 10.0. The van der Waals surface area contributed by atoms with Crippen molar-refractivity contribution in [2.45, 2.75) is 19.3 Å². The number of carbonyl (C=O) groups excluding carboxylic acids is 1. The molecule has 0 atom stereocenters. The monoisotopic (exact) mass is 376 g/mol. The van der Waals surface area contributed by atoms with E-state index in [-0.39, 0.29) is 23.5 Å². The first-order valence-corrected chi connectivity index (χ1v) is 7.93. The van der Waals surface area contributed by atoms with E-state index in [0.29, 0.717) is 12.1 Å². The molecule has 140 valence electrons. The molecule has 0 bridgehead atoms. The number of nitrogens with two attached hydrogens (primary N) is 1.